The van der Waals surface area contributed by atoms with Gasteiger partial charge in [-0.15, -0.1) is 0 Å². The largest absolute Gasteiger partial charge is 0.369 e. The van der Waals surface area contributed by atoms with Crippen LogP contribution in [0.4, 0.5) is 5.69 Å². The quantitative estimate of drug-likeness (QED) is 0.791. The van der Waals surface area contributed by atoms with Crippen LogP contribution in [0.1, 0.15) is 31.2 Å². The standard InChI is InChI=1S/C23H28N2/c1-3-9-20(10-4-1)23-14-8-7-11-21(23)19-24-15-17-25(18-16-24)22-12-5-2-6-13-22/h1-6,9-10,12-13H,7-8,11,14-19H2. The van der Waals surface area contributed by atoms with Crippen molar-refractivity contribution in [3.05, 3.63) is 71.8 Å². The lowest BCUT2D eigenvalue weighted by Crippen LogP contribution is -2.47. The van der Waals surface area contributed by atoms with Crippen molar-refractivity contribution in [2.24, 2.45) is 0 Å². The zero-order valence-corrected chi connectivity index (χ0v) is 15.0. The van der Waals surface area contributed by atoms with E-state index in [2.05, 4.69) is 70.5 Å². The third-order valence-corrected chi connectivity index (χ3v) is 5.61. The number of benzene rings is 2. The van der Waals surface area contributed by atoms with E-state index in [9.17, 15) is 0 Å². The first-order valence-electron chi connectivity index (χ1n) is 9.69. The van der Waals surface area contributed by atoms with E-state index >= 15 is 0 Å². The fraction of sp³-hybridized carbons (Fsp3) is 0.391. The molecule has 2 nitrogen and oxygen atoms in total. The summed E-state index contributed by atoms with van der Waals surface area (Å²) in [6.45, 7) is 5.77. The molecule has 2 aromatic carbocycles. The molecule has 0 aromatic heterocycles. The lowest BCUT2D eigenvalue weighted by atomic mass is 9.87. The number of para-hydroxylation sites is 1. The van der Waals surface area contributed by atoms with Gasteiger partial charge in [0.2, 0.25) is 0 Å². The molecule has 4 rings (SSSR count). The van der Waals surface area contributed by atoms with Gasteiger partial charge >= 0.3 is 0 Å². The molecule has 2 aromatic rings. The molecule has 1 saturated heterocycles. The molecule has 2 aliphatic rings. The molecule has 0 bridgehead atoms. The summed E-state index contributed by atoms with van der Waals surface area (Å²) >= 11 is 0. The van der Waals surface area contributed by atoms with Gasteiger partial charge in [-0.3, -0.25) is 4.90 Å². The molecule has 1 aliphatic heterocycles. The van der Waals surface area contributed by atoms with E-state index in [0.717, 1.165) is 19.6 Å². The molecule has 2 heteroatoms. The topological polar surface area (TPSA) is 6.48 Å². The number of nitrogens with zero attached hydrogens (tertiary/aromatic N) is 2. The van der Waals surface area contributed by atoms with Crippen molar-refractivity contribution in [3.8, 4) is 0 Å². The van der Waals surface area contributed by atoms with Crippen molar-refractivity contribution >= 4 is 11.3 Å². The van der Waals surface area contributed by atoms with E-state index in [1.54, 1.807) is 11.1 Å². The lowest BCUT2D eigenvalue weighted by molar-refractivity contribution is 0.275. The second-order valence-electron chi connectivity index (χ2n) is 7.25. The van der Waals surface area contributed by atoms with Crippen molar-refractivity contribution in [2.45, 2.75) is 25.7 Å². The average molecular weight is 332 g/mol. The zero-order chi connectivity index (χ0) is 16.9. The Morgan fingerprint density at radius 2 is 1.32 bits per heavy atom. The van der Waals surface area contributed by atoms with Gasteiger partial charge in [-0.2, -0.15) is 0 Å². The van der Waals surface area contributed by atoms with Gasteiger partial charge in [0.15, 0.2) is 0 Å². The zero-order valence-electron chi connectivity index (χ0n) is 15.0. The van der Waals surface area contributed by atoms with Gasteiger partial charge in [-0.25, -0.2) is 0 Å². The Hall–Kier alpha value is -2.06. The fourth-order valence-electron chi connectivity index (χ4n) is 4.20. The van der Waals surface area contributed by atoms with E-state index in [-0.39, 0.29) is 0 Å². The van der Waals surface area contributed by atoms with Crippen molar-refractivity contribution in [1.82, 2.24) is 4.90 Å². The Labute approximate surface area is 151 Å². The number of rotatable bonds is 4. The predicted molar refractivity (Wildman–Crippen MR) is 107 cm³/mol. The van der Waals surface area contributed by atoms with E-state index in [1.165, 1.54) is 50.0 Å². The van der Waals surface area contributed by atoms with Gasteiger partial charge in [0.25, 0.3) is 0 Å². The summed E-state index contributed by atoms with van der Waals surface area (Å²) in [7, 11) is 0. The van der Waals surface area contributed by atoms with E-state index in [0.29, 0.717) is 0 Å². The molecule has 25 heavy (non-hydrogen) atoms. The minimum atomic E-state index is 1.14. The smallest absolute Gasteiger partial charge is 0.0367 e. The van der Waals surface area contributed by atoms with Gasteiger partial charge in [-0.1, -0.05) is 54.1 Å². The predicted octanol–water partition coefficient (Wildman–Crippen LogP) is 4.84. The molecule has 1 heterocycles. The van der Waals surface area contributed by atoms with Crippen molar-refractivity contribution in [2.75, 3.05) is 37.6 Å². The third-order valence-electron chi connectivity index (χ3n) is 5.61. The van der Waals surface area contributed by atoms with Crippen LogP contribution >= 0.6 is 0 Å². The maximum Gasteiger partial charge on any atom is 0.0367 e. The van der Waals surface area contributed by atoms with Crippen molar-refractivity contribution in [3.63, 3.8) is 0 Å². The first-order chi connectivity index (χ1) is 12.4. The molecule has 0 unspecified atom stereocenters. The van der Waals surface area contributed by atoms with Gasteiger partial charge in [-0.05, 0) is 49.0 Å². The maximum atomic E-state index is 2.66. The van der Waals surface area contributed by atoms with Crippen LogP contribution in [-0.2, 0) is 0 Å². The average Bonchev–Trinajstić information content (AvgIpc) is 2.70. The molecular weight excluding hydrogens is 304 g/mol. The van der Waals surface area contributed by atoms with E-state index in [1.807, 2.05) is 0 Å². The molecule has 0 atom stereocenters. The molecule has 0 radical (unpaired) electrons. The highest BCUT2D eigenvalue weighted by atomic mass is 15.3. The van der Waals surface area contributed by atoms with Crippen LogP contribution in [0, 0.1) is 0 Å². The summed E-state index contributed by atoms with van der Waals surface area (Å²) in [5.41, 5.74) is 6.12. The first kappa shape index (κ1) is 16.4. The maximum absolute atomic E-state index is 2.66. The Morgan fingerprint density at radius 1 is 0.680 bits per heavy atom. The van der Waals surface area contributed by atoms with E-state index < -0.39 is 0 Å². The summed E-state index contributed by atoms with van der Waals surface area (Å²) in [5.74, 6) is 0. The molecule has 0 N–H and O–H groups in total. The number of piperazine rings is 1. The Kier molecular flexibility index (Phi) is 5.17. The lowest BCUT2D eigenvalue weighted by Gasteiger charge is -2.37. The Morgan fingerprint density at radius 3 is 2.04 bits per heavy atom. The minimum absolute atomic E-state index is 1.14. The summed E-state index contributed by atoms with van der Waals surface area (Å²) in [6.07, 6.45) is 5.23. The van der Waals surface area contributed by atoms with Crippen LogP contribution in [0.3, 0.4) is 0 Å². The molecule has 1 aliphatic carbocycles. The molecular formula is C23H28N2. The van der Waals surface area contributed by atoms with Gasteiger partial charge in [0, 0.05) is 38.4 Å². The Balaban J connectivity index is 1.42. The van der Waals surface area contributed by atoms with Crippen LogP contribution in [0.15, 0.2) is 66.2 Å². The normalized spacial score (nSPS) is 19.3. The number of hydrogen-bond acceptors (Lipinski definition) is 2. The monoisotopic (exact) mass is 332 g/mol. The van der Waals surface area contributed by atoms with E-state index in [4.69, 9.17) is 0 Å². The minimum Gasteiger partial charge on any atom is -0.369 e. The molecule has 130 valence electrons. The first-order valence-corrected chi connectivity index (χ1v) is 9.69. The van der Waals surface area contributed by atoms with Gasteiger partial charge in [0.1, 0.15) is 0 Å². The number of allylic oxidation sites excluding steroid dienone is 1. The summed E-state index contributed by atoms with van der Waals surface area (Å²) in [6, 6.07) is 21.9. The summed E-state index contributed by atoms with van der Waals surface area (Å²) in [4.78, 5) is 5.17. The van der Waals surface area contributed by atoms with Crippen LogP contribution in [0.2, 0.25) is 0 Å². The molecule has 0 saturated carbocycles. The second-order valence-corrected chi connectivity index (χ2v) is 7.25. The van der Waals surface area contributed by atoms with Crippen molar-refractivity contribution in [1.29, 1.82) is 0 Å². The third kappa shape index (κ3) is 3.96. The molecule has 1 fully saturated rings. The number of anilines is 1. The van der Waals surface area contributed by atoms with Crippen LogP contribution in [-0.4, -0.2) is 37.6 Å². The van der Waals surface area contributed by atoms with Crippen LogP contribution < -0.4 is 4.90 Å². The molecule has 0 spiro atoms. The van der Waals surface area contributed by atoms with Crippen LogP contribution in [0.5, 0.6) is 0 Å². The highest BCUT2D eigenvalue weighted by molar-refractivity contribution is 5.69. The summed E-state index contributed by atoms with van der Waals surface area (Å²) < 4.78 is 0. The number of hydrogen-bond donors (Lipinski definition) is 0. The SMILES string of the molecule is c1ccc(C2=C(CN3CCN(c4ccccc4)CC3)CCCC2)cc1. The van der Waals surface area contributed by atoms with Gasteiger partial charge in [0.05, 0.1) is 0 Å². The van der Waals surface area contributed by atoms with Crippen molar-refractivity contribution < 1.29 is 0 Å². The highest BCUT2D eigenvalue weighted by Gasteiger charge is 2.21. The second kappa shape index (κ2) is 7.88. The molecule has 0 amide bonds. The Bertz CT molecular complexity index is 697. The summed E-state index contributed by atoms with van der Waals surface area (Å²) in [5, 5.41) is 0. The van der Waals surface area contributed by atoms with Crippen LogP contribution in [0.25, 0.3) is 5.57 Å². The highest BCUT2D eigenvalue weighted by Crippen LogP contribution is 2.33. The fourth-order valence-corrected chi connectivity index (χ4v) is 4.20. The van der Waals surface area contributed by atoms with Gasteiger partial charge < -0.3 is 4.90 Å².